The molecule has 2 aromatic carbocycles. The number of benzene rings is 2. The quantitative estimate of drug-likeness (QED) is 0.0189. The number of fused-ring (bicyclic) bond motifs is 1. The number of aromatic nitrogens is 4. The van der Waals surface area contributed by atoms with Gasteiger partial charge in [-0.25, -0.2) is 28.7 Å². The molecule has 0 aliphatic rings. The SMILES string of the molecule is CCOP(=O)(OCC)OCC(CCC(=O)c1ccccc1NC(=O)OC(=O)CC[C@@H](NC(=O)c1ccc(NCc2cnc3nc(N)[nH]c(=O)c3n2)cc1)C(=O)O)OP(=O)(OCC)OCC. The highest BCUT2D eigenvalue weighted by Gasteiger charge is 2.34. The Morgan fingerprint density at radius 1 is 0.831 bits per heavy atom. The normalized spacial score (nSPS) is 12.6. The van der Waals surface area contributed by atoms with E-state index >= 15 is 0 Å². The number of rotatable bonds is 27. The van der Waals surface area contributed by atoms with Crippen molar-refractivity contribution in [3.63, 3.8) is 0 Å². The van der Waals surface area contributed by atoms with Gasteiger partial charge in [0.25, 0.3) is 11.5 Å². The highest BCUT2D eigenvalue weighted by Crippen LogP contribution is 2.53. The summed E-state index contributed by atoms with van der Waals surface area (Å²) in [5.41, 5.74) is 6.09. The van der Waals surface area contributed by atoms with Crippen LogP contribution in [0.1, 0.15) is 79.8 Å². The lowest BCUT2D eigenvalue weighted by atomic mass is 10.0. The van der Waals surface area contributed by atoms with E-state index in [0.717, 1.165) is 0 Å². The molecule has 0 aliphatic carbocycles. The van der Waals surface area contributed by atoms with E-state index in [1.807, 2.05) is 0 Å². The van der Waals surface area contributed by atoms with Crippen molar-refractivity contribution in [2.24, 2.45) is 0 Å². The van der Waals surface area contributed by atoms with Crippen LogP contribution in [0.4, 0.5) is 22.1 Å². The molecule has 1 unspecified atom stereocenters. The standard InChI is InChI=1S/C39H50N8O16P2/c1-5-57-64(55,58-6-2)61-23-27(63-65(56,59-7-3)60-8-4)17-19-31(48)28-11-9-10-12-29(28)45-39(54)62-32(49)20-18-30(37(52)53)44-35(50)24-13-15-25(16-14-24)41-21-26-22-42-34-33(43-26)36(51)47-38(40)46-34/h9-16,22,27,30,41H,5-8,17-21,23H2,1-4H3,(H,44,50)(H,45,54)(H,52,53)(H3,40,42,46,47,51)/t27?,30-/m1/s1. The van der Waals surface area contributed by atoms with Crippen LogP contribution in [0.15, 0.2) is 59.5 Å². The number of amides is 2. The fourth-order valence-corrected chi connectivity index (χ4v) is 8.23. The van der Waals surface area contributed by atoms with E-state index in [1.165, 1.54) is 42.6 Å². The number of carbonyl (C=O) groups excluding carboxylic acids is 4. The summed E-state index contributed by atoms with van der Waals surface area (Å²) in [4.78, 5) is 90.6. The molecule has 2 amide bonds. The number of esters is 1. The predicted molar refractivity (Wildman–Crippen MR) is 232 cm³/mol. The zero-order valence-corrected chi connectivity index (χ0v) is 37.6. The molecule has 2 aromatic heterocycles. The highest BCUT2D eigenvalue weighted by molar-refractivity contribution is 7.48. The van der Waals surface area contributed by atoms with Gasteiger partial charge in [-0.3, -0.25) is 56.6 Å². The van der Waals surface area contributed by atoms with Crippen molar-refractivity contribution in [3.05, 3.63) is 81.9 Å². The van der Waals surface area contributed by atoms with Gasteiger partial charge < -0.3 is 26.2 Å². The number of anilines is 3. The Bertz CT molecular complexity index is 2440. The molecule has 0 bridgehead atoms. The first kappa shape index (κ1) is 51.7. The van der Waals surface area contributed by atoms with E-state index in [-0.39, 0.29) is 79.7 Å². The number of aliphatic carboxylic acids is 1. The van der Waals surface area contributed by atoms with Gasteiger partial charge in [0, 0.05) is 29.7 Å². The fraction of sp³-hybridized carbons (Fsp3) is 0.410. The number of nitrogens with two attached hydrogens (primary N) is 1. The number of hydrogen-bond acceptors (Lipinski definition) is 20. The highest BCUT2D eigenvalue weighted by atomic mass is 31.2. The Labute approximate surface area is 371 Å². The summed E-state index contributed by atoms with van der Waals surface area (Å²) in [7, 11) is -8.21. The van der Waals surface area contributed by atoms with E-state index in [2.05, 4.69) is 35.9 Å². The number of nitrogens with one attached hydrogen (secondary N) is 4. The van der Waals surface area contributed by atoms with Crippen molar-refractivity contribution in [1.82, 2.24) is 25.3 Å². The van der Waals surface area contributed by atoms with Crippen LogP contribution in [0.3, 0.4) is 0 Å². The van der Waals surface area contributed by atoms with Gasteiger partial charge in [-0.1, -0.05) is 12.1 Å². The average Bonchev–Trinajstić information content (AvgIpc) is 3.25. The fourth-order valence-electron chi connectivity index (χ4n) is 5.67. The van der Waals surface area contributed by atoms with Crippen LogP contribution in [-0.4, -0.2) is 99.9 Å². The second kappa shape index (κ2) is 24.9. The van der Waals surface area contributed by atoms with Crippen molar-refractivity contribution in [2.75, 3.05) is 49.4 Å². The van der Waals surface area contributed by atoms with Crippen LogP contribution in [0, 0.1) is 0 Å². The number of ketones is 1. The molecule has 2 heterocycles. The van der Waals surface area contributed by atoms with E-state index in [0.29, 0.717) is 11.4 Å². The number of carbonyl (C=O) groups is 5. The lowest BCUT2D eigenvalue weighted by Crippen LogP contribution is -2.41. The summed E-state index contributed by atoms with van der Waals surface area (Å²) in [6.45, 7) is 5.82. The maximum absolute atomic E-state index is 13.5. The lowest BCUT2D eigenvalue weighted by Gasteiger charge is -2.25. The second-order valence-electron chi connectivity index (χ2n) is 13.3. The predicted octanol–water partition coefficient (Wildman–Crippen LogP) is 5.37. The topological polar surface area (TPSA) is 338 Å². The first-order chi connectivity index (χ1) is 31.0. The zero-order valence-electron chi connectivity index (χ0n) is 35.8. The maximum atomic E-state index is 13.5. The molecule has 0 fully saturated rings. The van der Waals surface area contributed by atoms with Gasteiger partial charge in [-0.15, -0.1) is 0 Å². The minimum atomic E-state index is -4.16. The number of nitrogen functional groups attached to an aromatic ring is 1. The Kier molecular flexibility index (Phi) is 19.8. The molecular formula is C39H50N8O16P2. The molecule has 4 aromatic rings. The first-order valence-electron chi connectivity index (χ1n) is 20.1. The van der Waals surface area contributed by atoms with Crippen molar-refractivity contribution in [2.45, 2.75) is 72.1 Å². The summed E-state index contributed by atoms with van der Waals surface area (Å²) < 4.78 is 62.8. The number of H-pyrrole nitrogens is 1. The number of ether oxygens (including phenoxy) is 1. The molecule has 0 saturated heterocycles. The molecule has 0 radical (unpaired) electrons. The average molecular weight is 949 g/mol. The molecule has 24 nitrogen and oxygen atoms in total. The van der Waals surface area contributed by atoms with Crippen molar-refractivity contribution >= 4 is 73.9 Å². The van der Waals surface area contributed by atoms with Gasteiger partial charge >= 0.3 is 33.7 Å². The number of phosphoric ester groups is 2. The Morgan fingerprint density at radius 2 is 1.48 bits per heavy atom. The summed E-state index contributed by atoms with van der Waals surface area (Å²) >= 11 is 0. The van der Waals surface area contributed by atoms with Crippen LogP contribution in [0.25, 0.3) is 11.2 Å². The van der Waals surface area contributed by atoms with Gasteiger partial charge in [-0.05, 0) is 76.9 Å². The van der Waals surface area contributed by atoms with Crippen LogP contribution in [-0.2, 0) is 57.1 Å². The van der Waals surface area contributed by atoms with Crippen LogP contribution in [0.2, 0.25) is 0 Å². The monoisotopic (exact) mass is 948 g/mol. The Hall–Kier alpha value is -5.97. The third-order valence-corrected chi connectivity index (χ3v) is 11.9. The minimum absolute atomic E-state index is 0.00731. The van der Waals surface area contributed by atoms with Crippen molar-refractivity contribution in [1.29, 1.82) is 0 Å². The van der Waals surface area contributed by atoms with E-state index < -0.39 is 82.5 Å². The van der Waals surface area contributed by atoms with E-state index in [4.69, 9.17) is 37.6 Å². The Balaban J connectivity index is 1.30. The number of carboxylic acids is 1. The molecule has 26 heteroatoms. The number of para-hydroxylation sites is 1. The van der Waals surface area contributed by atoms with Gasteiger partial charge in [0.1, 0.15) is 6.04 Å². The number of hydrogen-bond donors (Lipinski definition) is 6. The Morgan fingerprint density at radius 3 is 2.12 bits per heavy atom. The van der Waals surface area contributed by atoms with Crippen LogP contribution >= 0.6 is 15.6 Å². The number of carboxylic acid groups (broad SMARTS) is 1. The van der Waals surface area contributed by atoms with Gasteiger partial charge in [0.15, 0.2) is 16.9 Å². The van der Waals surface area contributed by atoms with Crippen LogP contribution < -0.4 is 27.2 Å². The summed E-state index contributed by atoms with van der Waals surface area (Å²) in [5.74, 6) is -3.99. The number of aromatic amines is 1. The second-order valence-corrected chi connectivity index (χ2v) is 16.6. The minimum Gasteiger partial charge on any atom is -0.480 e. The summed E-state index contributed by atoms with van der Waals surface area (Å²) in [6.07, 6.45) is -2.58. The molecule has 4 rings (SSSR count). The smallest absolute Gasteiger partial charge is 0.475 e. The van der Waals surface area contributed by atoms with Gasteiger partial charge in [0.05, 0.1) is 63.3 Å². The molecule has 7 N–H and O–H groups in total. The molecular weight excluding hydrogens is 898 g/mol. The first-order valence-corrected chi connectivity index (χ1v) is 23.1. The molecule has 2 atom stereocenters. The molecule has 65 heavy (non-hydrogen) atoms. The number of Topliss-reactive ketones (excluding diaryl/α,β-unsaturated/α-hetero) is 1. The van der Waals surface area contributed by atoms with Gasteiger partial charge in [-0.2, -0.15) is 4.98 Å². The summed E-state index contributed by atoms with van der Waals surface area (Å²) in [5, 5.41) is 17.5. The lowest BCUT2D eigenvalue weighted by molar-refractivity contribution is -0.140. The van der Waals surface area contributed by atoms with Crippen molar-refractivity contribution in [3.8, 4) is 0 Å². The molecule has 0 spiro atoms. The van der Waals surface area contributed by atoms with Crippen LogP contribution in [0.5, 0.6) is 0 Å². The summed E-state index contributed by atoms with van der Waals surface area (Å²) in [6, 6.07) is 10.2. The zero-order chi connectivity index (χ0) is 47.6. The molecule has 352 valence electrons. The number of phosphoric acid groups is 2. The van der Waals surface area contributed by atoms with E-state index in [1.54, 1.807) is 39.8 Å². The maximum Gasteiger partial charge on any atom is 0.475 e. The third kappa shape index (κ3) is 16.2. The van der Waals surface area contributed by atoms with Crippen molar-refractivity contribution < 1.29 is 70.1 Å². The molecule has 0 saturated carbocycles. The van der Waals surface area contributed by atoms with E-state index in [9.17, 15) is 43.0 Å². The largest absolute Gasteiger partial charge is 0.480 e. The molecule has 0 aliphatic heterocycles. The number of nitrogens with zero attached hydrogens (tertiary/aromatic N) is 3. The van der Waals surface area contributed by atoms with Gasteiger partial charge in [0.2, 0.25) is 5.95 Å². The third-order valence-electron chi connectivity index (χ3n) is 8.56.